The van der Waals surface area contributed by atoms with Crippen molar-refractivity contribution in [2.24, 2.45) is 7.05 Å². The number of benzene rings is 2. The topological polar surface area (TPSA) is 86.3 Å². The fourth-order valence-corrected chi connectivity index (χ4v) is 3.21. The van der Waals surface area contributed by atoms with Crippen LogP contribution in [0.1, 0.15) is 5.82 Å². The summed E-state index contributed by atoms with van der Waals surface area (Å²) in [5.41, 5.74) is 4.76. The Morgan fingerprint density at radius 3 is 2.55 bits per heavy atom. The maximum Gasteiger partial charge on any atom is 0.227 e. The van der Waals surface area contributed by atoms with Gasteiger partial charge < -0.3 is 5.32 Å². The molecule has 8 nitrogen and oxygen atoms in total. The predicted octanol–water partition coefficient (Wildman–Crippen LogP) is 3.66. The first-order chi connectivity index (χ1) is 14.2. The summed E-state index contributed by atoms with van der Waals surface area (Å²) in [6.07, 6.45) is 7.35. The van der Waals surface area contributed by atoms with Gasteiger partial charge in [-0.15, -0.1) is 0 Å². The molecule has 0 unspecified atom stereocenters. The van der Waals surface area contributed by atoms with Gasteiger partial charge in [0.05, 0.1) is 17.4 Å². The third-order valence-corrected chi connectivity index (χ3v) is 4.62. The Labute approximate surface area is 166 Å². The molecule has 142 valence electrons. The number of hydrogen-bond acceptors (Lipinski definition) is 6. The van der Waals surface area contributed by atoms with E-state index in [1.807, 2.05) is 75.0 Å². The first-order valence-electron chi connectivity index (χ1n) is 9.16. The average Bonchev–Trinajstić information content (AvgIpc) is 3.36. The van der Waals surface area contributed by atoms with Gasteiger partial charge in [0.2, 0.25) is 5.95 Å². The van der Waals surface area contributed by atoms with Crippen LogP contribution in [0.3, 0.4) is 0 Å². The zero-order valence-corrected chi connectivity index (χ0v) is 16.0. The Hall–Kier alpha value is -4.07. The molecule has 0 atom stereocenters. The van der Waals surface area contributed by atoms with E-state index < -0.39 is 0 Å². The Bertz CT molecular complexity index is 1300. The number of rotatable bonds is 4. The normalized spacial score (nSPS) is 11.1. The minimum atomic E-state index is 0.540. The minimum Gasteiger partial charge on any atom is -0.324 e. The van der Waals surface area contributed by atoms with Gasteiger partial charge in [-0.05, 0) is 31.2 Å². The molecular weight excluding hydrogens is 364 g/mol. The van der Waals surface area contributed by atoms with E-state index >= 15 is 0 Å². The van der Waals surface area contributed by atoms with E-state index in [4.69, 9.17) is 4.98 Å². The van der Waals surface area contributed by atoms with E-state index in [0.717, 1.165) is 39.2 Å². The second-order valence-electron chi connectivity index (χ2n) is 6.75. The molecule has 1 N–H and O–H groups in total. The number of nitrogens with zero attached hydrogens (tertiary/aromatic N) is 7. The summed E-state index contributed by atoms with van der Waals surface area (Å²) in [4.78, 5) is 13.4. The molecule has 0 aliphatic rings. The summed E-state index contributed by atoms with van der Waals surface area (Å²) in [6, 6.07) is 13.9. The molecule has 0 amide bonds. The molecule has 5 rings (SSSR count). The van der Waals surface area contributed by atoms with Gasteiger partial charge in [0.25, 0.3) is 0 Å². The van der Waals surface area contributed by atoms with Gasteiger partial charge in [0.15, 0.2) is 0 Å². The van der Waals surface area contributed by atoms with Gasteiger partial charge in [-0.1, -0.05) is 18.2 Å². The molecule has 8 heteroatoms. The van der Waals surface area contributed by atoms with Crippen molar-refractivity contribution in [2.75, 3.05) is 5.32 Å². The van der Waals surface area contributed by atoms with Crippen molar-refractivity contribution < 1.29 is 0 Å². The van der Waals surface area contributed by atoms with E-state index in [1.54, 1.807) is 15.7 Å². The largest absolute Gasteiger partial charge is 0.324 e. The van der Waals surface area contributed by atoms with Crippen molar-refractivity contribution in [3.8, 4) is 16.8 Å². The van der Waals surface area contributed by atoms with Gasteiger partial charge in [0.1, 0.15) is 12.2 Å². The van der Waals surface area contributed by atoms with E-state index in [2.05, 4.69) is 25.5 Å². The fourth-order valence-electron chi connectivity index (χ4n) is 3.21. The van der Waals surface area contributed by atoms with Crippen LogP contribution in [0, 0.1) is 6.92 Å². The summed E-state index contributed by atoms with van der Waals surface area (Å²) in [5.74, 6) is 1.28. The maximum absolute atomic E-state index is 4.75. The van der Waals surface area contributed by atoms with E-state index in [0.29, 0.717) is 5.95 Å². The molecule has 0 saturated carbocycles. The Morgan fingerprint density at radius 1 is 0.966 bits per heavy atom. The van der Waals surface area contributed by atoms with Crippen molar-refractivity contribution >= 4 is 22.5 Å². The summed E-state index contributed by atoms with van der Waals surface area (Å²) >= 11 is 0. The van der Waals surface area contributed by atoms with Crippen LogP contribution in [0.2, 0.25) is 0 Å². The lowest BCUT2D eigenvalue weighted by Crippen LogP contribution is -1.99. The van der Waals surface area contributed by atoms with Crippen LogP contribution in [0.5, 0.6) is 0 Å². The first-order valence-corrected chi connectivity index (χ1v) is 9.16. The summed E-state index contributed by atoms with van der Waals surface area (Å²) < 4.78 is 3.53. The van der Waals surface area contributed by atoms with Crippen LogP contribution in [-0.4, -0.2) is 34.5 Å². The molecule has 0 aliphatic carbocycles. The number of aromatic nitrogens is 7. The Kier molecular flexibility index (Phi) is 4.02. The average molecular weight is 382 g/mol. The monoisotopic (exact) mass is 382 g/mol. The molecular formula is C21H18N8. The van der Waals surface area contributed by atoms with Crippen LogP contribution in [0.25, 0.3) is 27.7 Å². The highest BCUT2D eigenvalue weighted by atomic mass is 15.3. The van der Waals surface area contributed by atoms with Crippen molar-refractivity contribution in [1.82, 2.24) is 34.5 Å². The van der Waals surface area contributed by atoms with E-state index in [1.165, 1.54) is 0 Å². The molecule has 2 aromatic carbocycles. The molecule has 29 heavy (non-hydrogen) atoms. The van der Waals surface area contributed by atoms with Crippen molar-refractivity contribution in [3.63, 3.8) is 0 Å². The second kappa shape index (κ2) is 6.83. The summed E-state index contributed by atoms with van der Waals surface area (Å²) in [7, 11) is 1.90. The standard InChI is InChI=1S/C21H18N8/c1-14-23-13-29(27-14)18-8-6-17(7-9-18)25-21-22-10-15-4-3-5-19(20(15)26-21)16-11-24-28(2)12-16/h3-13H,1-2H3,(H,22,25,26). The number of anilines is 2. The highest BCUT2D eigenvalue weighted by Gasteiger charge is 2.09. The molecule has 5 aromatic rings. The number of aryl methyl sites for hydroxylation is 2. The predicted molar refractivity (Wildman–Crippen MR) is 111 cm³/mol. The SMILES string of the molecule is Cc1ncn(-c2ccc(Nc3ncc4cccc(-c5cnn(C)c5)c4n3)cc2)n1. The van der Waals surface area contributed by atoms with Crippen molar-refractivity contribution in [2.45, 2.75) is 6.92 Å². The van der Waals surface area contributed by atoms with Gasteiger partial charge in [-0.3, -0.25) is 4.68 Å². The van der Waals surface area contributed by atoms with Crippen LogP contribution in [-0.2, 0) is 7.05 Å². The van der Waals surface area contributed by atoms with Crippen molar-refractivity contribution in [3.05, 3.63) is 73.2 Å². The first kappa shape index (κ1) is 17.1. The number of fused-ring (bicyclic) bond motifs is 1. The van der Waals surface area contributed by atoms with Crippen LogP contribution in [0.4, 0.5) is 11.6 Å². The molecule has 0 fully saturated rings. The number of nitrogens with one attached hydrogen (secondary N) is 1. The lowest BCUT2D eigenvalue weighted by molar-refractivity contribution is 0.768. The molecule has 0 bridgehead atoms. The molecule has 0 saturated heterocycles. The van der Waals surface area contributed by atoms with Gasteiger partial charge >= 0.3 is 0 Å². The molecule has 3 heterocycles. The third kappa shape index (κ3) is 3.31. The van der Waals surface area contributed by atoms with Gasteiger partial charge in [0, 0.05) is 41.6 Å². The Balaban J connectivity index is 1.46. The van der Waals surface area contributed by atoms with Crippen LogP contribution < -0.4 is 5.32 Å². The molecule has 0 spiro atoms. The smallest absolute Gasteiger partial charge is 0.227 e. The third-order valence-electron chi connectivity index (χ3n) is 4.62. The maximum atomic E-state index is 4.75. The van der Waals surface area contributed by atoms with Crippen LogP contribution >= 0.6 is 0 Å². The Morgan fingerprint density at radius 2 is 1.83 bits per heavy atom. The molecule has 0 radical (unpaired) electrons. The van der Waals surface area contributed by atoms with E-state index in [9.17, 15) is 0 Å². The zero-order valence-electron chi connectivity index (χ0n) is 16.0. The van der Waals surface area contributed by atoms with Gasteiger partial charge in [-0.25, -0.2) is 19.6 Å². The van der Waals surface area contributed by atoms with Crippen LogP contribution in [0.15, 0.2) is 67.4 Å². The lowest BCUT2D eigenvalue weighted by Gasteiger charge is -2.09. The molecule has 0 aliphatic heterocycles. The number of para-hydroxylation sites is 1. The number of hydrogen-bond donors (Lipinski definition) is 1. The highest BCUT2D eigenvalue weighted by molar-refractivity contribution is 5.93. The highest BCUT2D eigenvalue weighted by Crippen LogP contribution is 2.27. The van der Waals surface area contributed by atoms with Crippen molar-refractivity contribution in [1.29, 1.82) is 0 Å². The summed E-state index contributed by atoms with van der Waals surface area (Å²) in [5, 5.41) is 12.8. The fraction of sp³-hybridized carbons (Fsp3) is 0.0952. The zero-order chi connectivity index (χ0) is 19.8. The minimum absolute atomic E-state index is 0.540. The second-order valence-corrected chi connectivity index (χ2v) is 6.75. The quantitative estimate of drug-likeness (QED) is 0.510. The molecule has 3 aromatic heterocycles. The van der Waals surface area contributed by atoms with E-state index in [-0.39, 0.29) is 0 Å². The van der Waals surface area contributed by atoms with Gasteiger partial charge in [-0.2, -0.15) is 10.2 Å². The summed E-state index contributed by atoms with van der Waals surface area (Å²) in [6.45, 7) is 1.86. The lowest BCUT2D eigenvalue weighted by atomic mass is 10.1.